The van der Waals surface area contributed by atoms with Crippen molar-refractivity contribution in [1.82, 2.24) is 10.3 Å². The molecule has 1 aromatic heterocycles. The summed E-state index contributed by atoms with van der Waals surface area (Å²) in [7, 11) is 0. The fourth-order valence-corrected chi connectivity index (χ4v) is 3.88. The summed E-state index contributed by atoms with van der Waals surface area (Å²) in [5.74, 6) is -1.05. The van der Waals surface area contributed by atoms with Crippen LogP contribution in [0.25, 0.3) is 22.0 Å². The number of pyridine rings is 1. The highest BCUT2D eigenvalue weighted by Crippen LogP contribution is 2.30. The first kappa shape index (κ1) is 19.8. The predicted octanol–water partition coefficient (Wildman–Crippen LogP) is 4.10. The first-order valence-corrected chi connectivity index (χ1v) is 9.77. The monoisotopic (exact) mass is 408 g/mol. The molecule has 0 bridgehead atoms. The fraction of sp³-hybridized carbons (Fsp3) is 0.261. The molecule has 2 aromatic carbocycles. The van der Waals surface area contributed by atoms with Gasteiger partial charge in [-0.05, 0) is 41.0 Å². The Morgan fingerprint density at radius 1 is 1.07 bits per heavy atom. The number of carbonyl (C=O) groups excluding carboxylic acids is 2. The Balaban J connectivity index is 1.66. The summed E-state index contributed by atoms with van der Waals surface area (Å²) in [6.07, 6.45) is -1.45. The van der Waals surface area contributed by atoms with Crippen molar-refractivity contribution in [2.24, 2.45) is 5.92 Å². The molecule has 0 saturated carbocycles. The van der Waals surface area contributed by atoms with Crippen molar-refractivity contribution in [1.29, 1.82) is 0 Å². The molecule has 1 saturated heterocycles. The second kappa shape index (κ2) is 7.74. The zero-order valence-corrected chi connectivity index (χ0v) is 16.6. The molecule has 0 unspecified atom stereocenters. The van der Waals surface area contributed by atoms with E-state index >= 15 is 0 Å². The first-order valence-electron chi connectivity index (χ1n) is 9.77. The maximum absolute atomic E-state index is 14.1. The molecule has 30 heavy (non-hydrogen) atoms. The number of aromatic nitrogens is 1. The van der Waals surface area contributed by atoms with E-state index in [1.54, 1.807) is 24.3 Å². The Hall–Kier alpha value is -3.48. The van der Waals surface area contributed by atoms with Crippen molar-refractivity contribution >= 4 is 22.8 Å². The van der Waals surface area contributed by atoms with Gasteiger partial charge in [0.15, 0.2) is 6.10 Å². The number of carbonyl (C=O) groups is 2. The molecule has 2 amide bonds. The maximum Gasteiger partial charge on any atom is 0.414 e. The van der Waals surface area contributed by atoms with E-state index in [-0.39, 0.29) is 29.6 Å². The van der Waals surface area contributed by atoms with Crippen molar-refractivity contribution in [3.63, 3.8) is 0 Å². The molecule has 4 rings (SSSR count). The Bertz CT molecular complexity index is 1200. The molecule has 2 N–H and O–H groups in total. The van der Waals surface area contributed by atoms with Crippen molar-refractivity contribution in [3.8, 4) is 11.3 Å². The van der Waals surface area contributed by atoms with Crippen LogP contribution < -0.4 is 10.9 Å². The number of aromatic amines is 1. The predicted molar refractivity (Wildman–Crippen MR) is 111 cm³/mol. The lowest BCUT2D eigenvalue weighted by molar-refractivity contribution is -0.123. The summed E-state index contributed by atoms with van der Waals surface area (Å²) in [6.45, 7) is 3.89. The summed E-state index contributed by atoms with van der Waals surface area (Å²) < 4.78 is 19.1. The number of cyclic esters (lactones) is 1. The van der Waals surface area contributed by atoms with Gasteiger partial charge in [0.1, 0.15) is 5.82 Å². The number of hydrogen-bond acceptors (Lipinski definition) is 4. The number of halogens is 1. The van der Waals surface area contributed by atoms with E-state index in [0.717, 1.165) is 5.39 Å². The van der Waals surface area contributed by atoms with E-state index in [1.807, 2.05) is 32.0 Å². The van der Waals surface area contributed by atoms with E-state index in [9.17, 15) is 18.8 Å². The van der Waals surface area contributed by atoms with Crippen LogP contribution >= 0.6 is 0 Å². The highest BCUT2D eigenvalue weighted by Gasteiger charge is 2.36. The summed E-state index contributed by atoms with van der Waals surface area (Å²) in [5.41, 5.74) is 1.49. The Kier molecular flexibility index (Phi) is 5.11. The highest BCUT2D eigenvalue weighted by atomic mass is 19.1. The van der Waals surface area contributed by atoms with Crippen LogP contribution in [-0.4, -0.2) is 23.1 Å². The summed E-state index contributed by atoms with van der Waals surface area (Å²) in [6, 6.07) is 13.7. The number of H-pyrrole nitrogens is 1. The lowest BCUT2D eigenvalue weighted by atomic mass is 9.84. The van der Waals surface area contributed by atoms with Crippen molar-refractivity contribution in [3.05, 3.63) is 70.3 Å². The SMILES string of the molecule is CC(C)[C@H](C[C@H]1OC(=O)NC1=O)c1ccc(-c2ccc3cccc(F)c3c2)[nH]c1=O. The van der Waals surface area contributed by atoms with Gasteiger partial charge in [-0.3, -0.25) is 14.9 Å². The summed E-state index contributed by atoms with van der Waals surface area (Å²) in [4.78, 5) is 38.9. The normalized spacial score (nSPS) is 17.3. The summed E-state index contributed by atoms with van der Waals surface area (Å²) >= 11 is 0. The van der Waals surface area contributed by atoms with Crippen LogP contribution in [-0.2, 0) is 9.53 Å². The molecule has 0 radical (unpaired) electrons. The van der Waals surface area contributed by atoms with E-state index in [4.69, 9.17) is 4.74 Å². The van der Waals surface area contributed by atoms with E-state index in [2.05, 4.69) is 10.3 Å². The quantitative estimate of drug-likeness (QED) is 0.665. The summed E-state index contributed by atoms with van der Waals surface area (Å²) in [5, 5.41) is 3.37. The van der Waals surface area contributed by atoms with Gasteiger partial charge in [0.25, 0.3) is 11.5 Å². The third kappa shape index (κ3) is 3.70. The Labute approximate surface area is 172 Å². The van der Waals surface area contributed by atoms with Crippen LogP contribution in [0.3, 0.4) is 0 Å². The first-order chi connectivity index (χ1) is 14.3. The molecule has 1 fully saturated rings. The topological polar surface area (TPSA) is 88.3 Å². The highest BCUT2D eigenvalue weighted by molar-refractivity contribution is 5.99. The van der Waals surface area contributed by atoms with Crippen LogP contribution in [0.15, 0.2) is 53.3 Å². The smallest absolute Gasteiger partial charge is 0.414 e. The van der Waals surface area contributed by atoms with Crippen LogP contribution in [0.2, 0.25) is 0 Å². The van der Waals surface area contributed by atoms with Gasteiger partial charge in [-0.1, -0.05) is 44.2 Å². The van der Waals surface area contributed by atoms with Crippen LogP contribution in [0, 0.1) is 11.7 Å². The van der Waals surface area contributed by atoms with Crippen molar-refractivity contribution in [2.75, 3.05) is 0 Å². The number of amides is 2. The zero-order chi connectivity index (χ0) is 21.4. The van der Waals surface area contributed by atoms with Gasteiger partial charge in [0.2, 0.25) is 0 Å². The Morgan fingerprint density at radius 3 is 2.53 bits per heavy atom. The molecule has 7 heteroatoms. The molecule has 154 valence electrons. The van der Waals surface area contributed by atoms with Gasteiger partial charge in [-0.25, -0.2) is 9.18 Å². The van der Waals surface area contributed by atoms with Crippen LogP contribution in [0.5, 0.6) is 0 Å². The number of fused-ring (bicyclic) bond motifs is 1. The average molecular weight is 408 g/mol. The number of ether oxygens (including phenoxy) is 1. The third-order valence-corrected chi connectivity index (χ3v) is 5.52. The minimum Gasteiger partial charge on any atom is -0.436 e. The molecular formula is C23H21FN2O4. The molecule has 2 atom stereocenters. The van der Waals surface area contributed by atoms with Gasteiger partial charge in [0, 0.05) is 23.1 Å². The fourth-order valence-electron chi connectivity index (χ4n) is 3.88. The van der Waals surface area contributed by atoms with Crippen LogP contribution in [0.1, 0.15) is 31.7 Å². The molecule has 3 aromatic rings. The van der Waals surface area contributed by atoms with E-state index in [0.29, 0.717) is 22.2 Å². The van der Waals surface area contributed by atoms with Crippen molar-refractivity contribution < 1.29 is 18.7 Å². The minimum atomic E-state index is -0.910. The van der Waals surface area contributed by atoms with Gasteiger partial charge in [-0.15, -0.1) is 0 Å². The number of benzene rings is 2. The molecule has 2 heterocycles. The number of alkyl carbamates (subject to hydrolysis) is 1. The number of nitrogens with one attached hydrogen (secondary N) is 2. The Morgan fingerprint density at radius 2 is 1.87 bits per heavy atom. The number of rotatable bonds is 5. The second-order valence-corrected chi connectivity index (χ2v) is 7.80. The molecule has 0 spiro atoms. The molecule has 1 aliphatic heterocycles. The van der Waals surface area contributed by atoms with Gasteiger partial charge >= 0.3 is 6.09 Å². The molecule has 0 aliphatic carbocycles. The molecule has 1 aliphatic rings. The van der Waals surface area contributed by atoms with E-state index < -0.39 is 18.1 Å². The second-order valence-electron chi connectivity index (χ2n) is 7.80. The van der Waals surface area contributed by atoms with E-state index in [1.165, 1.54) is 6.07 Å². The van der Waals surface area contributed by atoms with Gasteiger partial charge < -0.3 is 9.72 Å². The maximum atomic E-state index is 14.1. The molecule has 6 nitrogen and oxygen atoms in total. The standard InChI is InChI=1S/C23H21FN2O4/c1-12(2)16(11-20-22(28)26-23(29)30-20)15-8-9-19(25-21(15)27)14-7-6-13-4-3-5-18(24)17(13)10-14/h3-10,12,16,20H,11H2,1-2H3,(H,25,27)(H,26,28,29)/t16-,20+/m0/s1. The molecular weight excluding hydrogens is 387 g/mol. The third-order valence-electron chi connectivity index (χ3n) is 5.52. The minimum absolute atomic E-state index is 0.0406. The lowest BCUT2D eigenvalue weighted by Gasteiger charge is -2.22. The number of imide groups is 1. The largest absolute Gasteiger partial charge is 0.436 e. The lowest BCUT2D eigenvalue weighted by Crippen LogP contribution is -2.29. The average Bonchev–Trinajstić information content (AvgIpc) is 3.03. The van der Waals surface area contributed by atoms with Crippen LogP contribution in [0.4, 0.5) is 9.18 Å². The van der Waals surface area contributed by atoms with Gasteiger partial charge in [-0.2, -0.15) is 0 Å². The number of hydrogen-bond donors (Lipinski definition) is 2. The van der Waals surface area contributed by atoms with Gasteiger partial charge in [0.05, 0.1) is 0 Å². The zero-order valence-electron chi connectivity index (χ0n) is 16.6. The van der Waals surface area contributed by atoms with Crippen molar-refractivity contribution in [2.45, 2.75) is 32.3 Å².